The quantitative estimate of drug-likeness (QED) is 0.674. The topological polar surface area (TPSA) is 101 Å². The Kier molecular flexibility index (Phi) is 5.97. The number of nitrogens with one attached hydrogen (secondary N) is 3. The summed E-state index contributed by atoms with van der Waals surface area (Å²) in [6, 6.07) is 0.714. The fourth-order valence-corrected chi connectivity index (χ4v) is 2.72. The van der Waals surface area contributed by atoms with Gasteiger partial charge in [-0.2, -0.15) is 8.78 Å². The summed E-state index contributed by atoms with van der Waals surface area (Å²) >= 11 is 0. The molecule has 0 fully saturated rings. The molecule has 2 aromatic heterocycles. The molecule has 1 aliphatic rings. The lowest BCUT2D eigenvalue weighted by molar-refractivity contribution is -0.0519. The molecule has 150 valence electrons. The molecular formula is C17H25F2N5O3. The highest BCUT2D eigenvalue weighted by molar-refractivity contribution is 5.92. The third-order valence-corrected chi connectivity index (χ3v) is 3.92. The van der Waals surface area contributed by atoms with Crippen molar-refractivity contribution in [3.63, 3.8) is 0 Å². The molecular weight excluding hydrogens is 360 g/mol. The molecule has 3 N–H and O–H groups in total. The Balaban J connectivity index is 0.00000280. The summed E-state index contributed by atoms with van der Waals surface area (Å²) < 4.78 is 34.1. The molecule has 0 saturated heterocycles. The first-order valence-electron chi connectivity index (χ1n) is 8.29. The molecule has 2 amide bonds. The van der Waals surface area contributed by atoms with Crippen molar-refractivity contribution in [2.75, 3.05) is 19.0 Å². The zero-order valence-electron chi connectivity index (χ0n) is 14.5. The van der Waals surface area contributed by atoms with Crippen LogP contribution in [0.25, 0.3) is 10.9 Å². The molecule has 0 saturated carbocycles. The van der Waals surface area contributed by atoms with E-state index in [2.05, 4.69) is 36.6 Å². The van der Waals surface area contributed by atoms with Crippen molar-refractivity contribution in [2.45, 2.75) is 25.5 Å². The normalized spacial score (nSPS) is 14.9. The summed E-state index contributed by atoms with van der Waals surface area (Å²) in [6.07, 6.45) is 9.25. The molecule has 0 bridgehead atoms. The second-order valence-electron chi connectivity index (χ2n) is 5.81. The van der Waals surface area contributed by atoms with Gasteiger partial charge < -0.3 is 14.8 Å². The molecule has 1 atom stereocenters. The Morgan fingerprint density at radius 1 is 1.44 bits per heavy atom. The van der Waals surface area contributed by atoms with E-state index in [4.69, 9.17) is 4.74 Å². The predicted octanol–water partition coefficient (Wildman–Crippen LogP) is 3.71. The number of H-pyrrole nitrogens is 1. The van der Waals surface area contributed by atoms with Crippen LogP contribution in [0.2, 0.25) is 0 Å². The maximum Gasteiger partial charge on any atom is 0.388 e. The van der Waals surface area contributed by atoms with Crippen LogP contribution in [-0.4, -0.2) is 47.6 Å². The number of carbonyl (C=O) groups excluding carboxylic acids is 1. The van der Waals surface area contributed by atoms with Crippen LogP contribution in [0, 0.1) is 0 Å². The summed E-state index contributed by atoms with van der Waals surface area (Å²) in [7, 11) is 1.56. The fraction of sp³-hybridized carbons (Fsp3) is 0.353. The van der Waals surface area contributed by atoms with Crippen LogP contribution in [0.5, 0.6) is 5.88 Å². The van der Waals surface area contributed by atoms with Crippen LogP contribution in [-0.2, 0) is 4.74 Å². The highest BCUT2D eigenvalue weighted by Crippen LogP contribution is 2.24. The van der Waals surface area contributed by atoms with Gasteiger partial charge in [-0.25, -0.2) is 9.78 Å². The third kappa shape index (κ3) is 4.79. The number of hydrogen-bond acceptors (Lipinski definition) is 5. The number of pyridine rings is 1. The Morgan fingerprint density at radius 2 is 2.30 bits per heavy atom. The van der Waals surface area contributed by atoms with Gasteiger partial charge in [-0.3, -0.25) is 10.4 Å². The molecule has 27 heavy (non-hydrogen) atoms. The van der Waals surface area contributed by atoms with Crippen molar-refractivity contribution in [2.24, 2.45) is 0 Å². The van der Waals surface area contributed by atoms with Gasteiger partial charge in [-0.05, 0) is 18.4 Å². The number of rotatable bonds is 7. The van der Waals surface area contributed by atoms with E-state index < -0.39 is 12.6 Å². The maximum atomic E-state index is 12.3. The molecule has 0 spiro atoms. The minimum atomic E-state index is -2.99. The number of alkyl halides is 2. The number of amides is 2. The van der Waals surface area contributed by atoms with Crippen LogP contribution >= 0.6 is 0 Å². The standard InChI is InChI=1S/C17H19F2N5O3.3H2/c1-26-9-13(10-5-3-2-4-6-10)21-17(25)22-14-7-12-11(8-20-14)15(24-23-12)27-16(18)19;;;/h3,5-8,13,16H,2,4,9H2,1H3,(H,23,24)(H2,20,21,22,25);3*1H/t13-;;;/m1.../s1. The number of aromatic nitrogens is 3. The van der Waals surface area contributed by atoms with Crippen molar-refractivity contribution in [1.29, 1.82) is 0 Å². The van der Waals surface area contributed by atoms with Crippen LogP contribution in [0.4, 0.5) is 19.4 Å². The van der Waals surface area contributed by atoms with Crippen LogP contribution in [0.1, 0.15) is 17.1 Å². The van der Waals surface area contributed by atoms with Gasteiger partial charge in [0.25, 0.3) is 0 Å². The number of ether oxygens (including phenoxy) is 2. The van der Waals surface area contributed by atoms with Gasteiger partial charge >= 0.3 is 12.6 Å². The zero-order valence-corrected chi connectivity index (χ0v) is 14.5. The smallest absolute Gasteiger partial charge is 0.388 e. The van der Waals surface area contributed by atoms with Crippen molar-refractivity contribution in [1.82, 2.24) is 20.5 Å². The summed E-state index contributed by atoms with van der Waals surface area (Å²) in [5.74, 6) is -0.0173. The lowest BCUT2D eigenvalue weighted by atomic mass is 10.0. The Hall–Kier alpha value is -3.01. The van der Waals surface area contributed by atoms with Crippen molar-refractivity contribution < 1.29 is 27.3 Å². The first-order valence-corrected chi connectivity index (χ1v) is 8.29. The highest BCUT2D eigenvalue weighted by atomic mass is 19.3. The van der Waals surface area contributed by atoms with Gasteiger partial charge in [-0.15, -0.1) is 5.10 Å². The van der Waals surface area contributed by atoms with E-state index in [1.807, 2.05) is 12.2 Å². The number of carbonyl (C=O) groups is 1. The monoisotopic (exact) mass is 385 g/mol. The van der Waals surface area contributed by atoms with Gasteiger partial charge in [0, 0.05) is 23.7 Å². The van der Waals surface area contributed by atoms with Crippen molar-refractivity contribution >= 4 is 22.8 Å². The van der Waals surface area contributed by atoms with E-state index in [0.29, 0.717) is 12.1 Å². The molecule has 2 aromatic rings. The van der Waals surface area contributed by atoms with Crippen molar-refractivity contribution in [3.05, 3.63) is 36.1 Å². The summed E-state index contributed by atoms with van der Waals surface area (Å²) in [4.78, 5) is 16.3. The van der Waals surface area contributed by atoms with Gasteiger partial charge in [0.05, 0.1) is 23.6 Å². The number of nitrogens with zero attached hydrogens (tertiary/aromatic N) is 2. The number of aromatic amines is 1. The molecule has 0 unspecified atom stereocenters. The predicted molar refractivity (Wildman–Crippen MR) is 101 cm³/mol. The third-order valence-electron chi connectivity index (χ3n) is 3.92. The highest BCUT2D eigenvalue weighted by Gasteiger charge is 2.18. The molecule has 3 rings (SSSR count). The molecule has 1 aliphatic carbocycles. The largest absolute Gasteiger partial charge is 0.415 e. The van der Waals surface area contributed by atoms with Crippen molar-refractivity contribution in [3.8, 4) is 5.88 Å². The lowest BCUT2D eigenvalue weighted by Gasteiger charge is -2.21. The molecule has 0 aromatic carbocycles. The van der Waals surface area contributed by atoms with Gasteiger partial charge in [0.15, 0.2) is 0 Å². The van der Waals surface area contributed by atoms with E-state index in [1.54, 1.807) is 7.11 Å². The molecule has 0 radical (unpaired) electrons. The number of methoxy groups -OCH3 is 1. The van der Waals surface area contributed by atoms with Crippen LogP contribution in [0.3, 0.4) is 0 Å². The van der Waals surface area contributed by atoms with E-state index in [1.165, 1.54) is 12.3 Å². The summed E-state index contributed by atoms with van der Waals surface area (Å²) in [5.41, 5.74) is 1.38. The number of hydrogen-bond donors (Lipinski definition) is 3. The Morgan fingerprint density at radius 3 is 3.00 bits per heavy atom. The summed E-state index contributed by atoms with van der Waals surface area (Å²) in [5, 5.41) is 12.0. The van der Waals surface area contributed by atoms with Crippen LogP contribution < -0.4 is 15.4 Å². The van der Waals surface area contributed by atoms with Crippen LogP contribution in [0.15, 0.2) is 36.1 Å². The zero-order chi connectivity index (χ0) is 19.2. The number of fused-ring (bicyclic) bond motifs is 1. The average Bonchev–Trinajstić information content (AvgIpc) is 3.03. The Bertz CT molecular complexity index is 879. The minimum absolute atomic E-state index is 0. The molecule has 10 heteroatoms. The Labute approximate surface area is 158 Å². The number of anilines is 1. The van der Waals surface area contributed by atoms with E-state index in [9.17, 15) is 13.6 Å². The fourth-order valence-electron chi connectivity index (χ4n) is 2.72. The second-order valence-corrected chi connectivity index (χ2v) is 5.81. The average molecular weight is 385 g/mol. The SMILES string of the molecule is COC[C@@H](NC(=O)Nc1cc2[nH]nc(OC(F)F)c2cn1)C1=CCCC=C1.[HH].[HH].[HH]. The maximum absolute atomic E-state index is 12.3. The molecule has 0 aliphatic heterocycles. The summed E-state index contributed by atoms with van der Waals surface area (Å²) in [6.45, 7) is -2.66. The molecule has 2 heterocycles. The number of urea groups is 1. The van der Waals surface area contributed by atoms with E-state index >= 15 is 0 Å². The molecule has 8 nitrogen and oxygen atoms in total. The lowest BCUT2D eigenvalue weighted by Crippen LogP contribution is -2.41. The van der Waals surface area contributed by atoms with Gasteiger partial charge in [0.2, 0.25) is 5.88 Å². The second kappa shape index (κ2) is 8.58. The minimum Gasteiger partial charge on any atom is -0.415 e. The first kappa shape index (κ1) is 18.8. The van der Waals surface area contributed by atoms with E-state index in [0.717, 1.165) is 18.4 Å². The first-order chi connectivity index (χ1) is 13.1. The van der Waals surface area contributed by atoms with E-state index in [-0.39, 0.29) is 27.4 Å². The van der Waals surface area contributed by atoms with Gasteiger partial charge in [0.1, 0.15) is 5.82 Å². The number of halogens is 2. The number of allylic oxidation sites excluding steroid dienone is 2. The van der Waals surface area contributed by atoms with Gasteiger partial charge in [-0.1, -0.05) is 18.2 Å².